The van der Waals surface area contributed by atoms with Crippen LogP contribution >= 0.6 is 22.7 Å². The van der Waals surface area contributed by atoms with Gasteiger partial charge in [0.15, 0.2) is 15.8 Å². The summed E-state index contributed by atoms with van der Waals surface area (Å²) in [6, 6.07) is 6.08. The highest BCUT2D eigenvalue weighted by atomic mass is 32.1. The van der Waals surface area contributed by atoms with Gasteiger partial charge in [0.2, 0.25) is 0 Å². The molecule has 0 fully saturated rings. The Labute approximate surface area is 158 Å². The van der Waals surface area contributed by atoms with Crippen molar-refractivity contribution >= 4 is 28.5 Å². The molecule has 1 aromatic carbocycles. The molecule has 7 heteroatoms. The Morgan fingerprint density at radius 1 is 1.19 bits per heavy atom. The van der Waals surface area contributed by atoms with Crippen molar-refractivity contribution < 1.29 is 13.6 Å². The number of halogens is 2. The molecule has 0 radical (unpaired) electrons. The Balaban J connectivity index is 1.81. The summed E-state index contributed by atoms with van der Waals surface area (Å²) in [4.78, 5) is 22.0. The predicted octanol–water partition coefficient (Wildman–Crippen LogP) is 5.51. The number of Topliss-reactive ketones (excluding diaryl/α,β-unsaturated/α-hetero) is 1. The maximum absolute atomic E-state index is 14.2. The second-order valence-electron chi connectivity index (χ2n) is 6.57. The number of benzene rings is 1. The monoisotopic (exact) mass is 392 g/mol. The normalized spacial score (nSPS) is 11.7. The highest BCUT2D eigenvalue weighted by Gasteiger charge is 2.25. The van der Waals surface area contributed by atoms with E-state index in [1.807, 2.05) is 5.38 Å². The average Bonchev–Trinajstić information content (AvgIpc) is 3.22. The lowest BCUT2D eigenvalue weighted by molar-refractivity contribution is 0.0977. The van der Waals surface area contributed by atoms with Crippen molar-refractivity contribution in [1.29, 1.82) is 0 Å². The molecule has 0 aliphatic heterocycles. The van der Waals surface area contributed by atoms with Crippen LogP contribution in [0.5, 0.6) is 0 Å². The van der Waals surface area contributed by atoms with Crippen LogP contribution in [0.2, 0.25) is 0 Å². The number of hydrogen-bond donors (Lipinski definition) is 0. The van der Waals surface area contributed by atoms with E-state index in [0.717, 1.165) is 10.6 Å². The zero-order chi connectivity index (χ0) is 18.7. The molecule has 0 aliphatic rings. The lowest BCUT2D eigenvalue weighted by Gasteiger charge is -2.12. The number of ketones is 1. The van der Waals surface area contributed by atoms with E-state index in [2.05, 4.69) is 9.97 Å². The van der Waals surface area contributed by atoms with Crippen molar-refractivity contribution in [2.45, 2.75) is 38.8 Å². The molecular weight excluding hydrogens is 374 g/mol. The minimum Gasteiger partial charge on any atom is -0.292 e. The second kappa shape index (κ2) is 7.72. The molecule has 0 unspecified atom stereocenters. The van der Waals surface area contributed by atoms with Crippen LogP contribution in [0.15, 0.2) is 35.8 Å². The minimum absolute atomic E-state index is 0.132. The van der Waals surface area contributed by atoms with Crippen molar-refractivity contribution in [2.75, 3.05) is 0 Å². The summed E-state index contributed by atoms with van der Waals surface area (Å²) in [5.74, 6) is -0.437. The van der Waals surface area contributed by atoms with Gasteiger partial charge in [-0.3, -0.25) is 4.79 Å². The lowest BCUT2D eigenvalue weighted by atomic mass is 10.0. The lowest BCUT2D eigenvalue weighted by Crippen LogP contribution is -2.17. The molecule has 2 aromatic heterocycles. The molecule has 0 atom stereocenters. The minimum atomic E-state index is -1.43. The van der Waals surface area contributed by atoms with Gasteiger partial charge in [-0.1, -0.05) is 12.1 Å². The van der Waals surface area contributed by atoms with E-state index in [1.54, 1.807) is 18.3 Å². The van der Waals surface area contributed by atoms with Gasteiger partial charge in [0.1, 0.15) is 17.2 Å². The first kappa shape index (κ1) is 18.8. The van der Waals surface area contributed by atoms with Gasteiger partial charge >= 0.3 is 0 Å². The molecule has 136 valence electrons. The number of rotatable bonds is 7. The van der Waals surface area contributed by atoms with Gasteiger partial charge < -0.3 is 0 Å². The molecule has 3 aromatic rings. The highest BCUT2D eigenvalue weighted by Crippen LogP contribution is 2.33. The Hall–Kier alpha value is -1.99. The molecule has 2 heterocycles. The number of thiazole rings is 2. The summed E-state index contributed by atoms with van der Waals surface area (Å²) in [7, 11) is 0. The summed E-state index contributed by atoms with van der Waals surface area (Å²) < 4.78 is 27.2. The first-order valence-corrected chi connectivity index (χ1v) is 9.87. The van der Waals surface area contributed by atoms with Crippen LogP contribution in [0.3, 0.4) is 0 Å². The van der Waals surface area contributed by atoms with Crippen LogP contribution in [-0.4, -0.2) is 21.4 Å². The molecule has 3 rings (SSSR count). The zero-order valence-corrected chi connectivity index (χ0v) is 16.1. The highest BCUT2D eigenvalue weighted by molar-refractivity contribution is 7.20. The third-order valence-corrected chi connectivity index (χ3v) is 5.68. The van der Waals surface area contributed by atoms with Crippen molar-refractivity contribution in [1.82, 2.24) is 9.97 Å². The molecule has 0 saturated carbocycles. The Morgan fingerprint density at radius 2 is 1.92 bits per heavy atom. The van der Waals surface area contributed by atoms with Gasteiger partial charge in [0.25, 0.3) is 0 Å². The smallest absolute Gasteiger partial charge is 0.182 e. The fraction of sp³-hybridized carbons (Fsp3) is 0.316. The summed E-state index contributed by atoms with van der Waals surface area (Å²) in [5, 5.41) is 3.21. The van der Waals surface area contributed by atoms with E-state index >= 15 is 0 Å². The Bertz CT molecular complexity index is 881. The number of carbonyl (C=O) groups excluding carboxylic acids is 1. The van der Waals surface area contributed by atoms with Crippen molar-refractivity contribution in [3.8, 4) is 10.0 Å². The average molecular weight is 392 g/mol. The third-order valence-electron chi connectivity index (χ3n) is 3.71. The fourth-order valence-electron chi connectivity index (χ4n) is 2.52. The van der Waals surface area contributed by atoms with Crippen LogP contribution < -0.4 is 0 Å². The summed E-state index contributed by atoms with van der Waals surface area (Å²) in [6.45, 7) is 2.98. The van der Waals surface area contributed by atoms with Crippen molar-refractivity contribution in [3.05, 3.63) is 57.8 Å². The first-order chi connectivity index (χ1) is 12.3. The van der Waals surface area contributed by atoms with Crippen molar-refractivity contribution in [3.63, 3.8) is 0 Å². The Morgan fingerprint density at radius 3 is 2.54 bits per heavy atom. The predicted molar refractivity (Wildman–Crippen MR) is 101 cm³/mol. The van der Waals surface area contributed by atoms with Gasteiger partial charge in [0.05, 0.1) is 0 Å². The molecule has 0 aliphatic carbocycles. The number of hydrogen-bond acceptors (Lipinski definition) is 5. The standard InChI is InChI=1S/C19H18F2N2OS2/c1-19(2,21)11-15-16(23-18(26-15)17-22-9-10-25-17)14(24)8-5-12-3-6-13(20)7-4-12/h3-4,6-7,9-10H,5,8,11H2,1-2H3. The summed E-state index contributed by atoms with van der Waals surface area (Å²) in [6.07, 6.45) is 2.54. The zero-order valence-electron chi connectivity index (χ0n) is 14.5. The van der Waals surface area contributed by atoms with Crippen LogP contribution in [0.25, 0.3) is 10.0 Å². The topological polar surface area (TPSA) is 42.9 Å². The third kappa shape index (κ3) is 4.80. The molecule has 26 heavy (non-hydrogen) atoms. The second-order valence-corrected chi connectivity index (χ2v) is 8.55. The molecule has 3 nitrogen and oxygen atoms in total. The summed E-state index contributed by atoms with van der Waals surface area (Å²) in [5.41, 5.74) is -0.228. The fourth-order valence-corrected chi connectivity index (χ4v) is 4.49. The quantitative estimate of drug-likeness (QED) is 0.498. The van der Waals surface area contributed by atoms with E-state index < -0.39 is 5.67 Å². The van der Waals surface area contributed by atoms with Crippen molar-refractivity contribution in [2.24, 2.45) is 0 Å². The largest absolute Gasteiger partial charge is 0.292 e. The number of nitrogens with zero attached hydrogens (tertiary/aromatic N) is 2. The number of aryl methyl sites for hydroxylation is 1. The molecule has 0 N–H and O–H groups in total. The van der Waals surface area contributed by atoms with Gasteiger partial charge in [-0.25, -0.2) is 18.7 Å². The van der Waals surface area contributed by atoms with Crippen LogP contribution in [0.1, 0.15) is 41.2 Å². The Kier molecular flexibility index (Phi) is 5.58. The molecule has 0 amide bonds. The van der Waals surface area contributed by atoms with E-state index in [0.29, 0.717) is 22.0 Å². The first-order valence-electron chi connectivity index (χ1n) is 8.18. The maximum atomic E-state index is 14.2. The number of aromatic nitrogens is 2. The van der Waals surface area contributed by atoms with Crippen LogP contribution in [-0.2, 0) is 12.8 Å². The van der Waals surface area contributed by atoms with E-state index in [1.165, 1.54) is 48.7 Å². The van der Waals surface area contributed by atoms with Gasteiger partial charge in [-0.2, -0.15) is 0 Å². The van der Waals surface area contributed by atoms with E-state index in [9.17, 15) is 13.6 Å². The van der Waals surface area contributed by atoms with Gasteiger partial charge in [0, 0.05) is 29.3 Å². The molecule has 0 bridgehead atoms. The maximum Gasteiger partial charge on any atom is 0.182 e. The van der Waals surface area contributed by atoms with Crippen LogP contribution in [0, 0.1) is 5.82 Å². The van der Waals surface area contributed by atoms with E-state index in [4.69, 9.17) is 0 Å². The SMILES string of the molecule is CC(C)(F)Cc1sc(-c2nccs2)nc1C(=O)CCc1ccc(F)cc1. The van der Waals surface area contributed by atoms with E-state index in [-0.39, 0.29) is 24.4 Å². The van der Waals surface area contributed by atoms with Gasteiger partial charge in [-0.15, -0.1) is 22.7 Å². The number of carbonyl (C=O) groups is 1. The summed E-state index contributed by atoms with van der Waals surface area (Å²) >= 11 is 2.76. The molecule has 0 saturated heterocycles. The molecular formula is C19H18F2N2OS2. The molecule has 0 spiro atoms. The van der Waals surface area contributed by atoms with Crippen LogP contribution in [0.4, 0.5) is 8.78 Å². The van der Waals surface area contributed by atoms with Gasteiger partial charge in [-0.05, 0) is 38.0 Å². The number of alkyl halides is 1.